The summed E-state index contributed by atoms with van der Waals surface area (Å²) in [4.78, 5) is 11.2. The zero-order chi connectivity index (χ0) is 12.6. The molecule has 0 aromatic rings. The summed E-state index contributed by atoms with van der Waals surface area (Å²) >= 11 is 0. The van der Waals surface area contributed by atoms with Crippen molar-refractivity contribution in [2.45, 2.75) is 52.1 Å². The number of esters is 1. The van der Waals surface area contributed by atoms with E-state index in [1.54, 1.807) is 0 Å². The maximum Gasteiger partial charge on any atom is 0.332 e. The summed E-state index contributed by atoms with van der Waals surface area (Å²) in [5, 5.41) is 0. The van der Waals surface area contributed by atoms with E-state index in [0.717, 1.165) is 18.9 Å². The van der Waals surface area contributed by atoms with Crippen LogP contribution in [0.1, 0.15) is 46.5 Å². The van der Waals surface area contributed by atoms with E-state index in [-0.39, 0.29) is 5.70 Å². The molecule has 0 aromatic carbocycles. The molecule has 0 radical (unpaired) electrons. The van der Waals surface area contributed by atoms with Gasteiger partial charge in [-0.15, -0.1) is 0 Å². The average Bonchev–Trinajstić information content (AvgIpc) is 2.17. The minimum atomic E-state index is -1.63. The summed E-state index contributed by atoms with van der Waals surface area (Å²) in [6.07, 6.45) is 3.78. The topological polar surface area (TPSA) is 52.3 Å². The third-order valence-corrected chi connectivity index (χ3v) is 2.34. The van der Waals surface area contributed by atoms with Crippen LogP contribution in [0.2, 0.25) is 0 Å². The fourth-order valence-corrected chi connectivity index (χ4v) is 1.25. The molecule has 0 saturated heterocycles. The molecule has 0 aliphatic heterocycles. The lowest BCUT2D eigenvalue weighted by atomic mass is 9.98. The zero-order valence-electron chi connectivity index (χ0n) is 10.4. The van der Waals surface area contributed by atoms with Crippen molar-refractivity contribution in [3.63, 3.8) is 0 Å². The SMILES string of the molecule is CCCCOC(=O)C=C(N)C(C)(F)CCC. The van der Waals surface area contributed by atoms with E-state index >= 15 is 0 Å². The first kappa shape index (κ1) is 14.9. The number of alkyl halides is 1. The predicted molar refractivity (Wildman–Crippen MR) is 62.6 cm³/mol. The first-order valence-electron chi connectivity index (χ1n) is 5.77. The molecule has 0 fully saturated rings. The number of carbonyl (C=O) groups excluding carboxylic acids is 1. The Morgan fingerprint density at radius 3 is 2.56 bits per heavy atom. The molecule has 1 unspecified atom stereocenters. The van der Waals surface area contributed by atoms with E-state index in [2.05, 4.69) is 0 Å². The highest BCUT2D eigenvalue weighted by atomic mass is 19.1. The Hall–Kier alpha value is -1.06. The normalized spacial score (nSPS) is 15.6. The summed E-state index contributed by atoms with van der Waals surface area (Å²) in [5.74, 6) is -0.564. The van der Waals surface area contributed by atoms with Crippen LogP contribution in [-0.2, 0) is 9.53 Å². The summed E-state index contributed by atoms with van der Waals surface area (Å²) in [5.41, 5.74) is 3.84. The third kappa shape index (κ3) is 5.73. The number of unbranched alkanes of at least 4 members (excludes halogenated alkanes) is 1. The molecule has 94 valence electrons. The largest absolute Gasteiger partial charge is 0.462 e. The van der Waals surface area contributed by atoms with Crippen LogP contribution in [0.5, 0.6) is 0 Å². The standard InChI is InChI=1S/C12H22FNO2/c1-4-6-8-16-11(15)9-10(14)12(3,13)7-5-2/h9H,4-8,14H2,1-3H3. The number of allylic oxidation sites excluding steroid dienone is 1. The van der Waals surface area contributed by atoms with Crippen molar-refractivity contribution in [1.82, 2.24) is 0 Å². The van der Waals surface area contributed by atoms with Crippen LogP contribution in [0.15, 0.2) is 11.8 Å². The van der Waals surface area contributed by atoms with Crippen LogP contribution in [0.25, 0.3) is 0 Å². The van der Waals surface area contributed by atoms with Gasteiger partial charge in [-0.05, 0) is 19.8 Å². The van der Waals surface area contributed by atoms with Gasteiger partial charge in [0.1, 0.15) is 5.67 Å². The molecule has 16 heavy (non-hydrogen) atoms. The van der Waals surface area contributed by atoms with E-state index in [4.69, 9.17) is 10.5 Å². The van der Waals surface area contributed by atoms with Gasteiger partial charge in [-0.1, -0.05) is 26.7 Å². The molecule has 0 aliphatic carbocycles. The zero-order valence-corrected chi connectivity index (χ0v) is 10.4. The minimum absolute atomic E-state index is 0.0594. The van der Waals surface area contributed by atoms with Gasteiger partial charge >= 0.3 is 5.97 Å². The van der Waals surface area contributed by atoms with Gasteiger partial charge in [-0.3, -0.25) is 0 Å². The van der Waals surface area contributed by atoms with Crippen molar-refractivity contribution >= 4 is 5.97 Å². The van der Waals surface area contributed by atoms with E-state index in [9.17, 15) is 9.18 Å². The molecule has 3 nitrogen and oxygen atoms in total. The summed E-state index contributed by atoms with van der Waals surface area (Å²) < 4.78 is 18.7. The smallest absolute Gasteiger partial charge is 0.332 e. The van der Waals surface area contributed by atoms with Gasteiger partial charge in [0.2, 0.25) is 0 Å². The van der Waals surface area contributed by atoms with E-state index < -0.39 is 11.6 Å². The molecule has 0 aromatic heterocycles. The monoisotopic (exact) mass is 231 g/mol. The van der Waals surface area contributed by atoms with Crippen molar-refractivity contribution in [1.29, 1.82) is 0 Å². The number of carbonyl (C=O) groups is 1. The second-order valence-corrected chi connectivity index (χ2v) is 4.07. The van der Waals surface area contributed by atoms with Gasteiger partial charge in [-0.2, -0.15) is 0 Å². The van der Waals surface area contributed by atoms with Crippen LogP contribution in [0.3, 0.4) is 0 Å². The summed E-state index contributed by atoms with van der Waals surface area (Å²) in [7, 11) is 0. The Balaban J connectivity index is 4.24. The van der Waals surface area contributed by atoms with Gasteiger partial charge in [0.15, 0.2) is 0 Å². The lowest BCUT2D eigenvalue weighted by molar-refractivity contribution is -0.138. The molecule has 0 aliphatic rings. The Bertz CT molecular complexity index is 249. The highest BCUT2D eigenvalue weighted by molar-refractivity contribution is 5.82. The number of halogens is 1. The molecule has 0 spiro atoms. The maximum atomic E-state index is 13.8. The maximum absolute atomic E-state index is 13.8. The number of nitrogens with two attached hydrogens (primary N) is 1. The van der Waals surface area contributed by atoms with Gasteiger partial charge in [0.05, 0.1) is 12.3 Å². The van der Waals surface area contributed by atoms with Gasteiger partial charge < -0.3 is 10.5 Å². The van der Waals surface area contributed by atoms with Crippen LogP contribution >= 0.6 is 0 Å². The van der Waals surface area contributed by atoms with Crippen molar-refractivity contribution in [2.75, 3.05) is 6.61 Å². The quantitative estimate of drug-likeness (QED) is 0.416. The van der Waals surface area contributed by atoms with Crippen LogP contribution < -0.4 is 5.73 Å². The van der Waals surface area contributed by atoms with Gasteiger partial charge in [0, 0.05) is 6.08 Å². The first-order valence-corrected chi connectivity index (χ1v) is 5.77. The second-order valence-electron chi connectivity index (χ2n) is 4.07. The molecule has 2 N–H and O–H groups in total. The first-order chi connectivity index (χ1) is 7.44. The molecule has 0 saturated carbocycles. The molecule has 0 rings (SSSR count). The molecule has 4 heteroatoms. The van der Waals surface area contributed by atoms with Crippen molar-refractivity contribution in [3.8, 4) is 0 Å². The van der Waals surface area contributed by atoms with Crippen LogP contribution in [0.4, 0.5) is 4.39 Å². The van der Waals surface area contributed by atoms with E-state index in [1.807, 2.05) is 13.8 Å². The number of ether oxygens (including phenoxy) is 1. The van der Waals surface area contributed by atoms with E-state index in [0.29, 0.717) is 19.4 Å². The molecule has 0 bridgehead atoms. The van der Waals surface area contributed by atoms with Crippen molar-refractivity contribution < 1.29 is 13.9 Å². The number of rotatable bonds is 7. The summed E-state index contributed by atoms with van der Waals surface area (Å²) in [6, 6.07) is 0. The molecule has 1 atom stereocenters. The highest BCUT2D eigenvalue weighted by Gasteiger charge is 2.26. The minimum Gasteiger partial charge on any atom is -0.462 e. The predicted octanol–water partition coefficient (Wildman–Crippen LogP) is 2.70. The Labute approximate surface area is 96.8 Å². The Kier molecular flexibility index (Phi) is 6.77. The fraction of sp³-hybridized carbons (Fsp3) is 0.750. The lowest BCUT2D eigenvalue weighted by Crippen LogP contribution is -2.27. The third-order valence-electron chi connectivity index (χ3n) is 2.34. The lowest BCUT2D eigenvalue weighted by Gasteiger charge is -2.19. The van der Waals surface area contributed by atoms with Crippen molar-refractivity contribution in [2.24, 2.45) is 5.73 Å². The molecule has 0 amide bonds. The average molecular weight is 231 g/mol. The Morgan fingerprint density at radius 1 is 1.44 bits per heavy atom. The second kappa shape index (κ2) is 7.25. The van der Waals surface area contributed by atoms with Crippen LogP contribution in [0, 0.1) is 0 Å². The fourth-order valence-electron chi connectivity index (χ4n) is 1.25. The van der Waals surface area contributed by atoms with Gasteiger partial charge in [-0.25, -0.2) is 9.18 Å². The van der Waals surface area contributed by atoms with Crippen molar-refractivity contribution in [3.05, 3.63) is 11.8 Å². The van der Waals surface area contributed by atoms with Crippen LogP contribution in [-0.4, -0.2) is 18.2 Å². The number of hydrogen-bond donors (Lipinski definition) is 1. The highest BCUT2D eigenvalue weighted by Crippen LogP contribution is 2.23. The molecular formula is C12H22FNO2. The molecular weight excluding hydrogens is 209 g/mol. The molecule has 0 heterocycles. The Morgan fingerprint density at radius 2 is 2.06 bits per heavy atom. The van der Waals surface area contributed by atoms with Gasteiger partial charge in [0.25, 0.3) is 0 Å². The summed E-state index contributed by atoms with van der Waals surface area (Å²) in [6.45, 7) is 5.60. The number of hydrogen-bond acceptors (Lipinski definition) is 3. The van der Waals surface area contributed by atoms with E-state index in [1.165, 1.54) is 6.92 Å².